The Balaban J connectivity index is 3.72. The minimum Gasteiger partial charge on any atom is -0.382 e. The molecule has 0 heterocycles. The third-order valence-corrected chi connectivity index (χ3v) is 3.70. The molecule has 0 rings (SSSR count). The molecule has 0 aromatic rings. The lowest BCUT2D eigenvalue weighted by Crippen LogP contribution is -3.13. The van der Waals surface area contributed by atoms with Crippen molar-refractivity contribution < 1.29 is 23.8 Å². The summed E-state index contributed by atoms with van der Waals surface area (Å²) >= 11 is 0. The smallest absolute Gasteiger partial charge is 0.101 e. The monoisotopic (exact) mass is 320 g/mol. The lowest BCUT2D eigenvalue weighted by atomic mass is 10.1. The summed E-state index contributed by atoms with van der Waals surface area (Å²) in [6.45, 7) is 9.87. The molecule has 0 aliphatic rings. The minimum atomic E-state index is 0.673. The Morgan fingerprint density at radius 3 is 1.64 bits per heavy atom. The van der Waals surface area contributed by atoms with Crippen LogP contribution in [-0.4, -0.2) is 73.5 Å². The predicted molar refractivity (Wildman–Crippen MR) is 89.7 cm³/mol. The summed E-state index contributed by atoms with van der Waals surface area (Å²) in [5.74, 6) is 0. The molecular weight excluding hydrogens is 282 g/mol. The second kappa shape index (κ2) is 18.8. The van der Waals surface area contributed by atoms with Crippen LogP contribution in [0.25, 0.3) is 0 Å². The average Bonchev–Trinajstić information content (AvgIpc) is 2.53. The number of methoxy groups -OCH3 is 2. The van der Waals surface area contributed by atoms with E-state index in [-0.39, 0.29) is 0 Å². The van der Waals surface area contributed by atoms with E-state index >= 15 is 0 Å². The van der Waals surface area contributed by atoms with Gasteiger partial charge in [0.1, 0.15) is 13.1 Å². The Labute approximate surface area is 137 Å². The Morgan fingerprint density at radius 1 is 0.591 bits per heavy atom. The zero-order valence-electron chi connectivity index (χ0n) is 15.0. The van der Waals surface area contributed by atoms with Gasteiger partial charge in [-0.3, -0.25) is 0 Å². The second-order valence-corrected chi connectivity index (χ2v) is 5.62. The topological polar surface area (TPSA) is 41.4 Å². The minimum absolute atomic E-state index is 0.673. The molecule has 5 nitrogen and oxygen atoms in total. The van der Waals surface area contributed by atoms with E-state index in [0.29, 0.717) is 26.4 Å². The van der Waals surface area contributed by atoms with Gasteiger partial charge in [0.05, 0.1) is 46.2 Å². The van der Waals surface area contributed by atoms with Crippen LogP contribution in [0.3, 0.4) is 0 Å². The molecule has 134 valence electrons. The van der Waals surface area contributed by atoms with E-state index in [1.807, 2.05) is 0 Å². The van der Waals surface area contributed by atoms with E-state index in [1.54, 1.807) is 19.1 Å². The van der Waals surface area contributed by atoms with Crippen LogP contribution < -0.4 is 4.90 Å². The van der Waals surface area contributed by atoms with Crippen LogP contribution in [0.2, 0.25) is 0 Å². The molecule has 22 heavy (non-hydrogen) atoms. The van der Waals surface area contributed by atoms with Gasteiger partial charge in [-0.15, -0.1) is 0 Å². The van der Waals surface area contributed by atoms with Gasteiger partial charge in [-0.1, -0.05) is 26.2 Å². The van der Waals surface area contributed by atoms with Crippen LogP contribution in [0.1, 0.15) is 39.0 Å². The van der Waals surface area contributed by atoms with Gasteiger partial charge in [0.15, 0.2) is 0 Å². The van der Waals surface area contributed by atoms with Gasteiger partial charge in [-0.25, -0.2) is 0 Å². The van der Waals surface area contributed by atoms with Gasteiger partial charge >= 0.3 is 0 Å². The fourth-order valence-corrected chi connectivity index (χ4v) is 2.28. The summed E-state index contributed by atoms with van der Waals surface area (Å²) in [5.41, 5.74) is 0. The van der Waals surface area contributed by atoms with Crippen molar-refractivity contribution in [3.63, 3.8) is 0 Å². The van der Waals surface area contributed by atoms with Crippen molar-refractivity contribution in [1.29, 1.82) is 0 Å². The maximum absolute atomic E-state index is 5.59. The van der Waals surface area contributed by atoms with Crippen LogP contribution in [0.15, 0.2) is 0 Å². The van der Waals surface area contributed by atoms with Crippen LogP contribution in [0, 0.1) is 0 Å². The Hall–Kier alpha value is -0.200. The molecule has 0 unspecified atom stereocenters. The summed E-state index contributed by atoms with van der Waals surface area (Å²) in [6, 6.07) is 0. The number of rotatable bonds is 18. The number of hydrogen-bond acceptors (Lipinski definition) is 4. The molecule has 0 saturated carbocycles. The molecule has 0 saturated heterocycles. The first kappa shape index (κ1) is 21.8. The molecule has 0 atom stereocenters. The molecule has 0 radical (unpaired) electrons. The molecular formula is C17H38NO4+. The van der Waals surface area contributed by atoms with Crippen molar-refractivity contribution in [2.45, 2.75) is 39.0 Å². The summed E-state index contributed by atoms with van der Waals surface area (Å²) < 4.78 is 21.2. The Morgan fingerprint density at radius 2 is 1.14 bits per heavy atom. The Bertz CT molecular complexity index is 172. The van der Waals surface area contributed by atoms with E-state index < -0.39 is 0 Å². The fourth-order valence-electron chi connectivity index (χ4n) is 2.28. The molecule has 1 N–H and O–H groups in total. The van der Waals surface area contributed by atoms with E-state index in [4.69, 9.17) is 18.9 Å². The van der Waals surface area contributed by atoms with Crippen LogP contribution in [0.4, 0.5) is 0 Å². The third kappa shape index (κ3) is 16.2. The predicted octanol–water partition coefficient (Wildman–Crippen LogP) is 1.17. The molecule has 0 aromatic carbocycles. The van der Waals surface area contributed by atoms with Gasteiger partial charge in [-0.2, -0.15) is 0 Å². The lowest BCUT2D eigenvalue weighted by Gasteiger charge is -2.19. The van der Waals surface area contributed by atoms with Gasteiger partial charge in [-0.05, 0) is 12.8 Å². The number of ether oxygens (including phenoxy) is 4. The third-order valence-electron chi connectivity index (χ3n) is 3.70. The molecule has 0 fully saturated rings. The first-order valence-corrected chi connectivity index (χ1v) is 8.82. The fraction of sp³-hybridized carbons (Fsp3) is 1.00. The van der Waals surface area contributed by atoms with Gasteiger partial charge in [0, 0.05) is 14.2 Å². The standard InChI is InChI=1S/C17H37NO4/c1-4-5-6-7-8-9-18(10-12-21-16-14-19-2)11-13-22-17-15-20-3/h4-17H2,1-3H3/p+1. The highest BCUT2D eigenvalue weighted by Gasteiger charge is 2.08. The highest BCUT2D eigenvalue weighted by Crippen LogP contribution is 2.00. The van der Waals surface area contributed by atoms with E-state index in [9.17, 15) is 0 Å². The molecule has 5 heteroatoms. The Kier molecular flexibility index (Phi) is 18.7. The quantitative estimate of drug-likeness (QED) is 0.385. The lowest BCUT2D eigenvalue weighted by molar-refractivity contribution is -0.901. The van der Waals surface area contributed by atoms with E-state index in [1.165, 1.54) is 38.6 Å². The molecule has 0 aromatic heterocycles. The van der Waals surface area contributed by atoms with Crippen molar-refractivity contribution in [1.82, 2.24) is 0 Å². The summed E-state index contributed by atoms with van der Waals surface area (Å²) in [7, 11) is 3.41. The molecule has 0 amide bonds. The number of nitrogens with one attached hydrogen (secondary N) is 1. The molecule has 0 spiro atoms. The number of unbranched alkanes of at least 4 members (excludes halogenated alkanes) is 4. The molecule has 0 aliphatic carbocycles. The molecule has 0 bridgehead atoms. The first-order valence-electron chi connectivity index (χ1n) is 8.82. The number of quaternary nitrogens is 1. The zero-order valence-corrected chi connectivity index (χ0v) is 15.0. The van der Waals surface area contributed by atoms with E-state index in [0.717, 1.165) is 26.3 Å². The number of hydrogen-bond donors (Lipinski definition) is 1. The maximum Gasteiger partial charge on any atom is 0.101 e. The highest BCUT2D eigenvalue weighted by atomic mass is 16.5. The second-order valence-electron chi connectivity index (χ2n) is 5.62. The SMILES string of the molecule is CCCCCCC[NH+](CCOCCOC)CCOCCOC. The van der Waals surface area contributed by atoms with Crippen LogP contribution in [0.5, 0.6) is 0 Å². The normalized spacial score (nSPS) is 11.5. The summed E-state index contributed by atoms with van der Waals surface area (Å²) in [5, 5.41) is 0. The highest BCUT2D eigenvalue weighted by molar-refractivity contribution is 4.42. The van der Waals surface area contributed by atoms with E-state index in [2.05, 4.69) is 6.92 Å². The average molecular weight is 320 g/mol. The summed E-state index contributed by atoms with van der Waals surface area (Å²) in [6.07, 6.45) is 6.66. The van der Waals surface area contributed by atoms with Crippen molar-refractivity contribution in [3.8, 4) is 0 Å². The van der Waals surface area contributed by atoms with Gasteiger partial charge < -0.3 is 23.8 Å². The van der Waals surface area contributed by atoms with Gasteiger partial charge in [0.25, 0.3) is 0 Å². The van der Waals surface area contributed by atoms with Crippen molar-refractivity contribution in [2.24, 2.45) is 0 Å². The van der Waals surface area contributed by atoms with Crippen molar-refractivity contribution >= 4 is 0 Å². The summed E-state index contributed by atoms with van der Waals surface area (Å²) in [4.78, 5) is 1.58. The van der Waals surface area contributed by atoms with Gasteiger partial charge in [0.2, 0.25) is 0 Å². The maximum atomic E-state index is 5.59. The van der Waals surface area contributed by atoms with Crippen LogP contribution >= 0.6 is 0 Å². The molecule has 0 aliphatic heterocycles. The zero-order chi connectivity index (χ0) is 16.3. The first-order chi connectivity index (χ1) is 10.8. The largest absolute Gasteiger partial charge is 0.382 e. The van der Waals surface area contributed by atoms with Crippen molar-refractivity contribution in [2.75, 3.05) is 73.5 Å². The van der Waals surface area contributed by atoms with Crippen LogP contribution in [-0.2, 0) is 18.9 Å². The van der Waals surface area contributed by atoms with Crippen molar-refractivity contribution in [3.05, 3.63) is 0 Å².